The lowest BCUT2D eigenvalue weighted by Gasteiger charge is -2.13. The summed E-state index contributed by atoms with van der Waals surface area (Å²) >= 11 is 0. The summed E-state index contributed by atoms with van der Waals surface area (Å²) in [4.78, 5) is 20.7. The molecule has 0 amide bonds. The van der Waals surface area contributed by atoms with Gasteiger partial charge in [0.05, 0.1) is 0 Å². The molecule has 1 atom stereocenters. The van der Waals surface area contributed by atoms with E-state index in [2.05, 4.69) is 35.9 Å². The van der Waals surface area contributed by atoms with E-state index in [0.717, 1.165) is 31.2 Å². The molecule has 0 fully saturated rings. The standard InChI is InChI=1S/C27H38N2O2/c1-3-5-7-9-11-15-23-21-28-27(29-22-23)31-26(30)20-19-25(18-12-8-6-4-2)24-16-13-10-14-17-24/h10,13-14,16-17,19-22,25H,3-9,11-12,15,18H2,1-2H3. The molecule has 4 heteroatoms. The minimum Gasteiger partial charge on any atom is -0.388 e. The molecular weight excluding hydrogens is 384 g/mol. The van der Waals surface area contributed by atoms with Crippen LogP contribution in [0.5, 0.6) is 6.01 Å². The Morgan fingerprint density at radius 2 is 1.55 bits per heavy atom. The first-order valence-corrected chi connectivity index (χ1v) is 12.0. The van der Waals surface area contributed by atoms with Crippen LogP contribution >= 0.6 is 0 Å². The smallest absolute Gasteiger partial charge is 0.338 e. The van der Waals surface area contributed by atoms with Crippen LogP contribution in [-0.2, 0) is 11.2 Å². The van der Waals surface area contributed by atoms with Gasteiger partial charge in [0.1, 0.15) is 0 Å². The van der Waals surface area contributed by atoms with Crippen molar-refractivity contribution in [2.45, 2.75) is 90.4 Å². The zero-order chi connectivity index (χ0) is 22.2. The Balaban J connectivity index is 1.85. The molecule has 2 rings (SSSR count). The van der Waals surface area contributed by atoms with Crippen molar-refractivity contribution in [3.63, 3.8) is 0 Å². The van der Waals surface area contributed by atoms with Crippen LogP contribution in [0.15, 0.2) is 54.9 Å². The number of aromatic nitrogens is 2. The predicted octanol–water partition coefficient (Wildman–Crippen LogP) is 7.21. The highest BCUT2D eigenvalue weighted by Gasteiger charge is 2.10. The molecule has 0 bridgehead atoms. The number of hydrogen-bond donors (Lipinski definition) is 0. The van der Waals surface area contributed by atoms with Gasteiger partial charge in [0.15, 0.2) is 0 Å². The van der Waals surface area contributed by atoms with Crippen LogP contribution < -0.4 is 4.74 Å². The zero-order valence-corrected chi connectivity index (χ0v) is 19.3. The molecule has 1 aromatic carbocycles. The summed E-state index contributed by atoms with van der Waals surface area (Å²) in [6.45, 7) is 4.44. The van der Waals surface area contributed by atoms with E-state index in [4.69, 9.17) is 4.74 Å². The van der Waals surface area contributed by atoms with Crippen LogP contribution in [-0.4, -0.2) is 15.9 Å². The van der Waals surface area contributed by atoms with Crippen molar-refractivity contribution in [3.8, 4) is 6.01 Å². The summed E-state index contributed by atoms with van der Waals surface area (Å²) in [5.74, 6) is -0.219. The van der Waals surface area contributed by atoms with Crippen molar-refractivity contribution in [2.24, 2.45) is 0 Å². The van der Waals surface area contributed by atoms with Crippen LogP contribution in [0.4, 0.5) is 0 Å². The van der Waals surface area contributed by atoms with Gasteiger partial charge in [0.25, 0.3) is 0 Å². The number of hydrogen-bond acceptors (Lipinski definition) is 4. The van der Waals surface area contributed by atoms with Crippen LogP contribution in [0, 0.1) is 0 Å². The monoisotopic (exact) mass is 422 g/mol. The molecule has 1 unspecified atom stereocenters. The van der Waals surface area contributed by atoms with E-state index in [1.54, 1.807) is 12.4 Å². The molecule has 0 aliphatic rings. The number of esters is 1. The van der Waals surface area contributed by atoms with Gasteiger partial charge < -0.3 is 4.74 Å². The number of allylic oxidation sites excluding steroid dienone is 1. The maximum absolute atomic E-state index is 12.3. The quantitative estimate of drug-likeness (QED) is 0.173. The van der Waals surface area contributed by atoms with Crippen molar-refractivity contribution in [2.75, 3.05) is 0 Å². The molecule has 4 nitrogen and oxygen atoms in total. The van der Waals surface area contributed by atoms with E-state index in [1.165, 1.54) is 56.6 Å². The van der Waals surface area contributed by atoms with Gasteiger partial charge in [0, 0.05) is 24.4 Å². The number of carbonyl (C=O) groups excluding carboxylic acids is 1. The summed E-state index contributed by atoms with van der Waals surface area (Å²) in [6, 6.07) is 10.4. The third-order valence-corrected chi connectivity index (χ3v) is 5.50. The second-order valence-electron chi connectivity index (χ2n) is 8.18. The third kappa shape index (κ3) is 10.4. The number of aryl methyl sites for hydroxylation is 1. The molecule has 0 aliphatic carbocycles. The summed E-state index contributed by atoms with van der Waals surface area (Å²) in [6.07, 6.45) is 20.0. The molecule has 0 N–H and O–H groups in total. The fourth-order valence-electron chi connectivity index (χ4n) is 3.64. The second-order valence-corrected chi connectivity index (χ2v) is 8.18. The van der Waals surface area contributed by atoms with Gasteiger partial charge in [-0.2, -0.15) is 0 Å². The van der Waals surface area contributed by atoms with Gasteiger partial charge in [-0.05, 0) is 30.4 Å². The normalized spacial score (nSPS) is 12.2. The van der Waals surface area contributed by atoms with Gasteiger partial charge >= 0.3 is 12.0 Å². The summed E-state index contributed by atoms with van der Waals surface area (Å²) in [5, 5.41) is 0. The number of benzene rings is 1. The minimum absolute atomic E-state index is 0.114. The molecule has 2 aromatic rings. The first kappa shape index (κ1) is 24.8. The SMILES string of the molecule is CCCCCCCc1cnc(OC(=O)C=CC(CCCCCC)c2ccccc2)nc1. The van der Waals surface area contributed by atoms with Crippen molar-refractivity contribution in [3.05, 3.63) is 66.0 Å². The number of nitrogens with zero attached hydrogens (tertiary/aromatic N) is 2. The molecule has 0 saturated heterocycles. The second kappa shape index (κ2) is 15.3. The van der Waals surface area contributed by atoms with E-state index >= 15 is 0 Å². The van der Waals surface area contributed by atoms with Crippen LogP contribution in [0.25, 0.3) is 0 Å². The average Bonchev–Trinajstić information content (AvgIpc) is 2.80. The molecule has 0 radical (unpaired) electrons. The highest BCUT2D eigenvalue weighted by molar-refractivity contribution is 5.83. The number of carbonyl (C=O) groups is 1. The molecule has 0 spiro atoms. The number of rotatable bonds is 15. The zero-order valence-electron chi connectivity index (χ0n) is 19.3. The van der Waals surface area contributed by atoms with Crippen molar-refractivity contribution in [1.82, 2.24) is 9.97 Å². The fraction of sp³-hybridized carbons (Fsp3) is 0.519. The Morgan fingerprint density at radius 3 is 2.23 bits per heavy atom. The molecule has 1 heterocycles. The van der Waals surface area contributed by atoms with E-state index < -0.39 is 5.97 Å². The summed E-state index contributed by atoms with van der Waals surface area (Å²) in [7, 11) is 0. The molecule has 1 aromatic heterocycles. The number of ether oxygens (including phenoxy) is 1. The van der Waals surface area contributed by atoms with Crippen molar-refractivity contribution in [1.29, 1.82) is 0 Å². The predicted molar refractivity (Wildman–Crippen MR) is 127 cm³/mol. The average molecular weight is 423 g/mol. The molecule has 168 valence electrons. The summed E-state index contributed by atoms with van der Waals surface area (Å²) in [5.41, 5.74) is 2.31. The maximum atomic E-state index is 12.3. The van der Waals surface area contributed by atoms with E-state index in [-0.39, 0.29) is 11.9 Å². The van der Waals surface area contributed by atoms with Gasteiger partial charge in [-0.25, -0.2) is 14.8 Å². The molecule has 0 saturated carbocycles. The highest BCUT2D eigenvalue weighted by Crippen LogP contribution is 2.24. The van der Waals surface area contributed by atoms with Crippen LogP contribution in [0.1, 0.15) is 95.1 Å². The molecular formula is C27H38N2O2. The minimum atomic E-state index is -0.429. The van der Waals surface area contributed by atoms with Crippen LogP contribution in [0.2, 0.25) is 0 Å². The number of unbranched alkanes of at least 4 members (excludes halogenated alkanes) is 7. The lowest BCUT2D eigenvalue weighted by Crippen LogP contribution is -2.08. The first-order valence-electron chi connectivity index (χ1n) is 12.0. The van der Waals surface area contributed by atoms with E-state index in [0.29, 0.717) is 0 Å². The fourth-order valence-corrected chi connectivity index (χ4v) is 3.64. The van der Waals surface area contributed by atoms with E-state index in [1.807, 2.05) is 24.3 Å². The molecule has 31 heavy (non-hydrogen) atoms. The Bertz CT molecular complexity index is 757. The lowest BCUT2D eigenvalue weighted by atomic mass is 9.92. The lowest BCUT2D eigenvalue weighted by molar-refractivity contribution is -0.129. The Labute approximate surface area is 188 Å². The third-order valence-electron chi connectivity index (χ3n) is 5.50. The maximum Gasteiger partial charge on any atom is 0.338 e. The van der Waals surface area contributed by atoms with Crippen LogP contribution in [0.3, 0.4) is 0 Å². The largest absolute Gasteiger partial charge is 0.388 e. The first-order chi connectivity index (χ1) is 15.2. The Kier molecular flexibility index (Phi) is 12.3. The van der Waals surface area contributed by atoms with E-state index in [9.17, 15) is 4.79 Å². The molecule has 0 aliphatic heterocycles. The topological polar surface area (TPSA) is 52.1 Å². The van der Waals surface area contributed by atoms with Crippen molar-refractivity contribution < 1.29 is 9.53 Å². The Morgan fingerprint density at radius 1 is 0.903 bits per heavy atom. The highest BCUT2D eigenvalue weighted by atomic mass is 16.5. The van der Waals surface area contributed by atoms with Gasteiger partial charge in [-0.15, -0.1) is 0 Å². The van der Waals surface area contributed by atoms with Crippen molar-refractivity contribution >= 4 is 5.97 Å². The Hall–Kier alpha value is -2.49. The van der Waals surface area contributed by atoms with Gasteiger partial charge in [-0.3, -0.25) is 0 Å². The van der Waals surface area contributed by atoms with Gasteiger partial charge in [-0.1, -0.05) is 102 Å². The summed E-state index contributed by atoms with van der Waals surface area (Å²) < 4.78 is 5.31. The van der Waals surface area contributed by atoms with Gasteiger partial charge in [0.2, 0.25) is 0 Å².